The summed E-state index contributed by atoms with van der Waals surface area (Å²) >= 11 is 1.57. The van der Waals surface area contributed by atoms with E-state index >= 15 is 0 Å². The molecule has 3 rings (SSSR count). The lowest BCUT2D eigenvalue weighted by atomic mass is 10.2. The Morgan fingerprint density at radius 3 is 3.05 bits per heavy atom. The second-order valence-electron chi connectivity index (χ2n) is 4.36. The van der Waals surface area contributed by atoms with E-state index in [4.69, 9.17) is 0 Å². The van der Waals surface area contributed by atoms with Crippen molar-refractivity contribution in [3.05, 3.63) is 47.1 Å². The zero-order valence-electron chi connectivity index (χ0n) is 10.8. The molecular formula is C14H12N4OS. The molecule has 5 nitrogen and oxygen atoms in total. The molecule has 0 saturated heterocycles. The summed E-state index contributed by atoms with van der Waals surface area (Å²) in [5.74, 6) is 0.823. The van der Waals surface area contributed by atoms with Crippen molar-refractivity contribution in [3.63, 3.8) is 0 Å². The van der Waals surface area contributed by atoms with Crippen LogP contribution in [0.25, 0.3) is 10.2 Å². The van der Waals surface area contributed by atoms with E-state index in [0.717, 1.165) is 21.3 Å². The highest BCUT2D eigenvalue weighted by Gasteiger charge is 2.07. The lowest BCUT2D eigenvalue weighted by molar-refractivity contribution is 0.474. The lowest BCUT2D eigenvalue weighted by Crippen LogP contribution is -1.81. The van der Waals surface area contributed by atoms with Crippen molar-refractivity contribution in [3.8, 4) is 5.75 Å². The van der Waals surface area contributed by atoms with Crippen molar-refractivity contribution in [2.45, 2.75) is 13.5 Å². The Bertz CT molecular complexity index is 782. The number of fused-ring (bicyclic) bond motifs is 1. The first-order chi connectivity index (χ1) is 9.74. The van der Waals surface area contributed by atoms with E-state index < -0.39 is 0 Å². The molecule has 2 aromatic heterocycles. The van der Waals surface area contributed by atoms with Crippen molar-refractivity contribution >= 4 is 27.4 Å². The van der Waals surface area contributed by atoms with E-state index in [0.29, 0.717) is 12.4 Å². The standard InChI is InChI=1S/C14H12N4OS/c1-9-7-20-13-12(9)15-8-16-14(13)18-17-6-10-3-2-4-11(19)5-10/h2-5,7-8,19H,6H2,1H3. The molecule has 0 atom stereocenters. The normalized spacial score (nSPS) is 11.4. The number of aromatic hydroxyl groups is 1. The second kappa shape index (κ2) is 5.34. The predicted molar refractivity (Wildman–Crippen MR) is 78.5 cm³/mol. The van der Waals surface area contributed by atoms with Crippen molar-refractivity contribution in [2.75, 3.05) is 0 Å². The first-order valence-corrected chi connectivity index (χ1v) is 6.96. The third-order valence-corrected chi connectivity index (χ3v) is 3.92. The average Bonchev–Trinajstić information content (AvgIpc) is 2.82. The number of benzene rings is 1. The van der Waals surface area contributed by atoms with Gasteiger partial charge in [-0.2, -0.15) is 5.11 Å². The number of rotatable bonds is 3. The van der Waals surface area contributed by atoms with Crippen LogP contribution in [0.15, 0.2) is 46.2 Å². The fourth-order valence-electron chi connectivity index (χ4n) is 1.87. The summed E-state index contributed by atoms with van der Waals surface area (Å²) in [6.45, 7) is 2.42. The van der Waals surface area contributed by atoms with E-state index in [-0.39, 0.29) is 5.75 Å². The summed E-state index contributed by atoms with van der Waals surface area (Å²) < 4.78 is 0.949. The minimum atomic E-state index is 0.232. The van der Waals surface area contributed by atoms with E-state index in [1.807, 2.05) is 18.4 Å². The maximum absolute atomic E-state index is 9.38. The van der Waals surface area contributed by atoms with Gasteiger partial charge in [0.1, 0.15) is 12.1 Å². The van der Waals surface area contributed by atoms with Gasteiger partial charge in [0.05, 0.1) is 16.8 Å². The number of hydrogen-bond acceptors (Lipinski definition) is 6. The van der Waals surface area contributed by atoms with E-state index in [1.165, 1.54) is 6.33 Å². The van der Waals surface area contributed by atoms with Gasteiger partial charge < -0.3 is 5.11 Å². The predicted octanol–water partition coefficient (Wildman–Crippen LogP) is 3.99. The highest BCUT2D eigenvalue weighted by Crippen LogP contribution is 2.30. The van der Waals surface area contributed by atoms with Crippen LogP contribution in [-0.4, -0.2) is 15.1 Å². The van der Waals surface area contributed by atoms with Crippen LogP contribution in [0.4, 0.5) is 5.82 Å². The van der Waals surface area contributed by atoms with Gasteiger partial charge in [-0.15, -0.1) is 16.5 Å². The molecule has 0 aliphatic carbocycles. The number of azo groups is 1. The van der Waals surface area contributed by atoms with Crippen LogP contribution in [0.3, 0.4) is 0 Å². The molecule has 0 bridgehead atoms. The molecule has 0 radical (unpaired) electrons. The van der Waals surface area contributed by atoms with Crippen LogP contribution in [0.2, 0.25) is 0 Å². The quantitative estimate of drug-likeness (QED) is 0.739. The number of phenolic OH excluding ortho intramolecular Hbond substituents is 1. The highest BCUT2D eigenvalue weighted by atomic mass is 32.1. The van der Waals surface area contributed by atoms with Crippen molar-refractivity contribution in [1.29, 1.82) is 0 Å². The van der Waals surface area contributed by atoms with Crippen LogP contribution in [-0.2, 0) is 6.54 Å². The fourth-order valence-corrected chi connectivity index (χ4v) is 2.80. The SMILES string of the molecule is Cc1csc2c(N=NCc3cccc(O)c3)ncnc12. The zero-order chi connectivity index (χ0) is 13.9. The van der Waals surface area contributed by atoms with Gasteiger partial charge in [-0.3, -0.25) is 0 Å². The molecule has 3 aromatic rings. The Morgan fingerprint density at radius 2 is 2.20 bits per heavy atom. The molecule has 0 unspecified atom stereocenters. The van der Waals surface area contributed by atoms with Crippen LogP contribution in [0, 0.1) is 6.92 Å². The van der Waals surface area contributed by atoms with Gasteiger partial charge in [-0.25, -0.2) is 9.97 Å². The molecule has 2 heterocycles. The molecule has 0 fully saturated rings. The van der Waals surface area contributed by atoms with Gasteiger partial charge in [0, 0.05) is 0 Å². The number of phenols is 1. The summed E-state index contributed by atoms with van der Waals surface area (Å²) in [6, 6.07) is 6.97. The van der Waals surface area contributed by atoms with Gasteiger partial charge in [0.2, 0.25) is 0 Å². The van der Waals surface area contributed by atoms with Crippen molar-refractivity contribution < 1.29 is 5.11 Å². The minimum absolute atomic E-state index is 0.232. The lowest BCUT2D eigenvalue weighted by Gasteiger charge is -1.97. The van der Waals surface area contributed by atoms with Gasteiger partial charge in [-0.05, 0) is 35.6 Å². The van der Waals surface area contributed by atoms with Gasteiger partial charge in [-0.1, -0.05) is 12.1 Å². The Kier molecular flexibility index (Phi) is 3.39. The van der Waals surface area contributed by atoms with Crippen LogP contribution in [0.1, 0.15) is 11.1 Å². The summed E-state index contributed by atoms with van der Waals surface area (Å²) in [5.41, 5.74) is 2.95. The van der Waals surface area contributed by atoms with Gasteiger partial charge >= 0.3 is 0 Å². The molecule has 6 heteroatoms. The third kappa shape index (κ3) is 2.50. The molecule has 0 saturated carbocycles. The fraction of sp³-hybridized carbons (Fsp3) is 0.143. The Balaban J connectivity index is 1.84. The molecule has 1 aromatic carbocycles. The van der Waals surface area contributed by atoms with Crippen LogP contribution >= 0.6 is 11.3 Å². The largest absolute Gasteiger partial charge is 0.508 e. The summed E-state index contributed by atoms with van der Waals surface area (Å²) in [5, 5.41) is 19.7. The number of nitrogens with zero attached hydrogens (tertiary/aromatic N) is 4. The van der Waals surface area contributed by atoms with Crippen LogP contribution < -0.4 is 0 Å². The molecular weight excluding hydrogens is 272 g/mol. The highest BCUT2D eigenvalue weighted by molar-refractivity contribution is 7.17. The maximum atomic E-state index is 9.38. The Morgan fingerprint density at radius 1 is 1.30 bits per heavy atom. The zero-order valence-corrected chi connectivity index (χ0v) is 11.6. The van der Waals surface area contributed by atoms with Crippen molar-refractivity contribution in [2.24, 2.45) is 10.2 Å². The first kappa shape index (κ1) is 12.7. The smallest absolute Gasteiger partial charge is 0.195 e. The molecule has 20 heavy (non-hydrogen) atoms. The molecule has 0 amide bonds. The third-order valence-electron chi connectivity index (χ3n) is 2.84. The first-order valence-electron chi connectivity index (χ1n) is 6.08. The second-order valence-corrected chi connectivity index (χ2v) is 5.24. The summed E-state index contributed by atoms with van der Waals surface area (Å²) in [6.07, 6.45) is 1.50. The number of aryl methyl sites for hydroxylation is 1. The number of aromatic nitrogens is 2. The van der Waals surface area contributed by atoms with E-state index in [1.54, 1.807) is 29.5 Å². The number of thiophene rings is 1. The van der Waals surface area contributed by atoms with E-state index in [2.05, 4.69) is 20.2 Å². The maximum Gasteiger partial charge on any atom is 0.195 e. The topological polar surface area (TPSA) is 70.7 Å². The molecule has 100 valence electrons. The van der Waals surface area contributed by atoms with Gasteiger partial charge in [0.15, 0.2) is 5.82 Å². The Hall–Kier alpha value is -2.34. The number of hydrogen-bond donors (Lipinski definition) is 1. The monoisotopic (exact) mass is 284 g/mol. The van der Waals surface area contributed by atoms with E-state index in [9.17, 15) is 5.11 Å². The summed E-state index contributed by atoms with van der Waals surface area (Å²) in [4.78, 5) is 8.40. The molecule has 0 aliphatic heterocycles. The molecule has 1 N–H and O–H groups in total. The molecule has 0 aliphatic rings. The summed E-state index contributed by atoms with van der Waals surface area (Å²) in [7, 11) is 0. The minimum Gasteiger partial charge on any atom is -0.508 e. The van der Waals surface area contributed by atoms with Gasteiger partial charge in [0.25, 0.3) is 0 Å². The average molecular weight is 284 g/mol. The van der Waals surface area contributed by atoms with Crippen LogP contribution in [0.5, 0.6) is 5.75 Å². The Labute approximate surface area is 119 Å². The van der Waals surface area contributed by atoms with Crippen molar-refractivity contribution in [1.82, 2.24) is 9.97 Å². The molecule has 0 spiro atoms.